The van der Waals surface area contributed by atoms with Crippen LogP contribution in [-0.4, -0.2) is 24.8 Å². The summed E-state index contributed by atoms with van der Waals surface area (Å²) in [6.45, 7) is 11.6. The molecule has 0 bridgehead atoms. The van der Waals surface area contributed by atoms with Crippen molar-refractivity contribution in [3.8, 4) is 0 Å². The summed E-state index contributed by atoms with van der Waals surface area (Å²) in [6.07, 6.45) is 9.62. The smallest absolute Gasteiger partial charge is 0.118 e. The Morgan fingerprint density at radius 3 is 2.64 bits per heavy atom. The molecule has 0 saturated heterocycles. The van der Waals surface area contributed by atoms with Crippen LogP contribution in [0, 0.1) is 0 Å². The van der Waals surface area contributed by atoms with E-state index in [2.05, 4.69) is 18.1 Å². The molecule has 1 aromatic rings. The summed E-state index contributed by atoms with van der Waals surface area (Å²) in [6, 6.07) is 3.66. The number of hydrogen-bond acceptors (Lipinski definition) is 4. The van der Waals surface area contributed by atoms with E-state index in [9.17, 15) is 0 Å². The Bertz CT molecular complexity index is 531. The average molecular weight is 300 g/mol. The van der Waals surface area contributed by atoms with Gasteiger partial charge in [0.15, 0.2) is 0 Å². The third kappa shape index (κ3) is 6.41. The molecule has 1 rings (SSSR count). The first-order valence-electron chi connectivity index (χ1n) is 7.30. The monoisotopic (exact) mass is 300 g/mol. The van der Waals surface area contributed by atoms with E-state index in [1.54, 1.807) is 18.3 Å². The van der Waals surface area contributed by atoms with E-state index in [0.29, 0.717) is 24.7 Å². The minimum absolute atomic E-state index is 0.592. The first-order chi connectivity index (χ1) is 10.7. The lowest BCUT2D eigenvalue weighted by atomic mass is 10.1. The maximum absolute atomic E-state index is 5.64. The first-order valence-corrected chi connectivity index (χ1v) is 7.30. The largest absolute Gasteiger partial charge is 0.494 e. The fourth-order valence-corrected chi connectivity index (χ4v) is 1.68. The van der Waals surface area contributed by atoms with E-state index < -0.39 is 0 Å². The van der Waals surface area contributed by atoms with Crippen LogP contribution in [0.5, 0.6) is 0 Å². The van der Waals surface area contributed by atoms with Gasteiger partial charge in [-0.05, 0) is 42.9 Å². The molecule has 2 N–H and O–H groups in total. The molecule has 0 spiro atoms. The summed E-state index contributed by atoms with van der Waals surface area (Å²) >= 11 is 0. The Kier molecular flexibility index (Phi) is 8.38. The van der Waals surface area contributed by atoms with Gasteiger partial charge in [-0.2, -0.15) is 0 Å². The van der Waals surface area contributed by atoms with Crippen molar-refractivity contribution in [1.29, 1.82) is 0 Å². The number of pyridine rings is 1. The highest BCUT2D eigenvalue weighted by molar-refractivity contribution is 5.72. The Morgan fingerprint density at radius 1 is 1.23 bits per heavy atom. The number of aromatic nitrogens is 1. The number of anilines is 1. The molecule has 0 aliphatic heterocycles. The van der Waals surface area contributed by atoms with Gasteiger partial charge in [0.1, 0.15) is 5.76 Å². The van der Waals surface area contributed by atoms with Crippen LogP contribution in [0.15, 0.2) is 61.6 Å². The number of ether oxygens (including phenoxy) is 2. The Morgan fingerprint density at radius 2 is 2.05 bits per heavy atom. The maximum Gasteiger partial charge on any atom is 0.118 e. The molecule has 4 heteroatoms. The van der Waals surface area contributed by atoms with Gasteiger partial charge in [0, 0.05) is 19.6 Å². The van der Waals surface area contributed by atoms with Gasteiger partial charge in [-0.25, -0.2) is 0 Å². The van der Waals surface area contributed by atoms with Crippen LogP contribution in [0.1, 0.15) is 19.0 Å². The van der Waals surface area contributed by atoms with Crippen molar-refractivity contribution in [3.63, 3.8) is 0 Å². The molecule has 0 atom stereocenters. The second-order valence-corrected chi connectivity index (χ2v) is 4.48. The van der Waals surface area contributed by atoms with Gasteiger partial charge in [-0.15, -0.1) is 0 Å². The van der Waals surface area contributed by atoms with Crippen LogP contribution in [0.25, 0.3) is 5.57 Å². The molecule has 118 valence electrons. The number of rotatable bonds is 10. The van der Waals surface area contributed by atoms with E-state index in [4.69, 9.17) is 15.2 Å². The van der Waals surface area contributed by atoms with Crippen LogP contribution in [0.2, 0.25) is 0 Å². The Balaban J connectivity index is 2.67. The van der Waals surface area contributed by atoms with Gasteiger partial charge in [-0.1, -0.05) is 19.2 Å². The van der Waals surface area contributed by atoms with E-state index in [-0.39, 0.29) is 0 Å². The normalized spacial score (nSPS) is 12.0. The van der Waals surface area contributed by atoms with Crippen LogP contribution in [0.4, 0.5) is 5.69 Å². The highest BCUT2D eigenvalue weighted by Gasteiger charge is 1.99. The van der Waals surface area contributed by atoms with Crippen molar-refractivity contribution < 1.29 is 9.47 Å². The molecule has 0 aromatic carbocycles. The molecule has 0 amide bonds. The quantitative estimate of drug-likeness (QED) is 0.406. The molecule has 0 fully saturated rings. The van der Waals surface area contributed by atoms with Crippen LogP contribution < -0.4 is 5.73 Å². The molecule has 1 aromatic heterocycles. The van der Waals surface area contributed by atoms with Gasteiger partial charge >= 0.3 is 0 Å². The second-order valence-electron chi connectivity index (χ2n) is 4.48. The first kappa shape index (κ1) is 17.7. The fraction of sp³-hybridized carbons (Fsp3) is 0.278. The molecule has 1 heterocycles. The number of allylic oxidation sites excluding steroid dienone is 5. The zero-order chi connectivity index (χ0) is 16.2. The zero-order valence-corrected chi connectivity index (χ0v) is 13.1. The topological polar surface area (TPSA) is 57.4 Å². The Hall–Kier alpha value is -2.33. The van der Waals surface area contributed by atoms with E-state index in [1.807, 2.05) is 31.2 Å². The lowest BCUT2D eigenvalue weighted by molar-refractivity contribution is 0.118. The third-order valence-corrected chi connectivity index (χ3v) is 2.84. The summed E-state index contributed by atoms with van der Waals surface area (Å²) < 4.78 is 10.9. The van der Waals surface area contributed by atoms with Gasteiger partial charge < -0.3 is 15.2 Å². The van der Waals surface area contributed by atoms with E-state index >= 15 is 0 Å². The summed E-state index contributed by atoms with van der Waals surface area (Å²) in [5.41, 5.74) is 7.96. The molecule has 0 aliphatic carbocycles. The number of hydrogen-bond donors (Lipinski definition) is 1. The van der Waals surface area contributed by atoms with Crippen LogP contribution in [0.3, 0.4) is 0 Å². The molecule has 0 saturated carbocycles. The van der Waals surface area contributed by atoms with E-state index in [1.165, 1.54) is 0 Å². The average Bonchev–Trinajstić information content (AvgIpc) is 2.54. The second kappa shape index (κ2) is 10.4. The molecule has 0 radical (unpaired) electrons. The summed E-state index contributed by atoms with van der Waals surface area (Å²) in [5.74, 6) is 0.700. The third-order valence-electron chi connectivity index (χ3n) is 2.84. The van der Waals surface area contributed by atoms with Gasteiger partial charge in [0.05, 0.1) is 24.2 Å². The standard InChI is InChI=1S/C18H24N2O2/c1-4-15(18-11-9-16(19)14-20-18)8-10-17(5-2)22-13-7-12-21-6-3/h4-5,8-11,14H,1-2,6-7,12-13,19H2,3H3/b15-8+,17-10+. The highest BCUT2D eigenvalue weighted by Crippen LogP contribution is 2.15. The van der Waals surface area contributed by atoms with Gasteiger partial charge in [0.2, 0.25) is 0 Å². The minimum Gasteiger partial charge on any atom is -0.494 e. The maximum atomic E-state index is 5.64. The van der Waals surface area contributed by atoms with Gasteiger partial charge in [-0.3, -0.25) is 4.98 Å². The number of nitrogens with zero attached hydrogens (tertiary/aromatic N) is 1. The summed E-state index contributed by atoms with van der Waals surface area (Å²) in [4.78, 5) is 4.27. The van der Waals surface area contributed by atoms with Crippen molar-refractivity contribution in [2.75, 3.05) is 25.6 Å². The molecular formula is C18H24N2O2. The molecule has 4 nitrogen and oxygen atoms in total. The zero-order valence-electron chi connectivity index (χ0n) is 13.1. The Labute approximate surface area is 132 Å². The predicted octanol–water partition coefficient (Wildman–Crippen LogP) is 3.75. The van der Waals surface area contributed by atoms with Crippen molar-refractivity contribution in [1.82, 2.24) is 4.98 Å². The van der Waals surface area contributed by atoms with Crippen molar-refractivity contribution in [2.24, 2.45) is 0 Å². The van der Waals surface area contributed by atoms with Crippen LogP contribution >= 0.6 is 0 Å². The molecule has 0 unspecified atom stereocenters. The van der Waals surface area contributed by atoms with Crippen molar-refractivity contribution in [3.05, 3.63) is 67.2 Å². The number of nitrogen functional groups attached to an aromatic ring is 1. The molecule has 22 heavy (non-hydrogen) atoms. The summed E-state index contributed by atoms with van der Waals surface area (Å²) in [5, 5.41) is 0. The lowest BCUT2D eigenvalue weighted by Gasteiger charge is -2.06. The van der Waals surface area contributed by atoms with Crippen molar-refractivity contribution in [2.45, 2.75) is 13.3 Å². The lowest BCUT2D eigenvalue weighted by Crippen LogP contribution is -2.00. The molecular weight excluding hydrogens is 276 g/mol. The molecule has 0 aliphatic rings. The van der Waals surface area contributed by atoms with Crippen LogP contribution in [-0.2, 0) is 9.47 Å². The van der Waals surface area contributed by atoms with Crippen molar-refractivity contribution >= 4 is 11.3 Å². The van der Waals surface area contributed by atoms with E-state index in [0.717, 1.165) is 24.3 Å². The fourth-order valence-electron chi connectivity index (χ4n) is 1.68. The highest BCUT2D eigenvalue weighted by atomic mass is 16.5. The number of nitrogens with two attached hydrogens (primary N) is 1. The minimum atomic E-state index is 0.592. The SMILES string of the molecule is C=C/C(=C\C=C(/C=C)c1ccc(N)cn1)OCCCOCC. The predicted molar refractivity (Wildman–Crippen MR) is 92.2 cm³/mol. The van der Waals surface area contributed by atoms with Gasteiger partial charge in [0.25, 0.3) is 0 Å². The summed E-state index contributed by atoms with van der Waals surface area (Å²) in [7, 11) is 0.